The van der Waals surface area contributed by atoms with Crippen LogP contribution in [0.2, 0.25) is 0 Å². The number of pyridine rings is 1. The van der Waals surface area contributed by atoms with Gasteiger partial charge in [-0.3, -0.25) is 14.7 Å². The summed E-state index contributed by atoms with van der Waals surface area (Å²) >= 11 is 0. The summed E-state index contributed by atoms with van der Waals surface area (Å²) in [5.41, 5.74) is 2.01. The molecule has 3 rings (SSSR count). The minimum absolute atomic E-state index is 0.114. The molecule has 2 heterocycles. The lowest BCUT2D eigenvalue weighted by molar-refractivity contribution is -0.131. The van der Waals surface area contributed by atoms with Crippen LogP contribution < -0.4 is 4.74 Å². The molecule has 0 bridgehead atoms. The zero-order chi connectivity index (χ0) is 19.6. The fraction of sp³-hybridized carbons (Fsp3) is 0.455. The van der Waals surface area contributed by atoms with Crippen LogP contribution in [0.1, 0.15) is 17.5 Å². The zero-order valence-electron chi connectivity index (χ0n) is 16.5. The fourth-order valence-electron chi connectivity index (χ4n) is 3.43. The highest BCUT2D eigenvalue weighted by molar-refractivity contribution is 5.79. The third-order valence-electron chi connectivity index (χ3n) is 5.02. The summed E-state index contributed by atoms with van der Waals surface area (Å²) in [4.78, 5) is 21.5. The number of carbonyl (C=O) groups is 1. The van der Waals surface area contributed by atoms with Crippen LogP contribution in [-0.2, 0) is 22.5 Å². The van der Waals surface area contributed by atoms with E-state index in [9.17, 15) is 4.79 Å². The summed E-state index contributed by atoms with van der Waals surface area (Å²) in [6, 6.07) is 11.6. The van der Waals surface area contributed by atoms with Gasteiger partial charge in [0.05, 0.1) is 26.7 Å². The monoisotopic (exact) mass is 383 g/mol. The van der Waals surface area contributed by atoms with Crippen molar-refractivity contribution in [3.8, 4) is 5.75 Å². The van der Waals surface area contributed by atoms with E-state index in [1.54, 1.807) is 19.5 Å². The van der Waals surface area contributed by atoms with Crippen LogP contribution in [0.5, 0.6) is 5.75 Å². The maximum atomic E-state index is 13.1. The fourth-order valence-corrected chi connectivity index (χ4v) is 3.43. The first-order valence-electron chi connectivity index (χ1n) is 9.85. The van der Waals surface area contributed by atoms with Crippen molar-refractivity contribution in [2.45, 2.75) is 19.4 Å². The number of para-hydroxylation sites is 1. The topological polar surface area (TPSA) is 54.9 Å². The molecular formula is C22H29N3O3. The summed E-state index contributed by atoms with van der Waals surface area (Å²) < 4.78 is 10.8. The number of hydrogen-bond acceptors (Lipinski definition) is 5. The Morgan fingerprint density at radius 3 is 2.68 bits per heavy atom. The van der Waals surface area contributed by atoms with Crippen molar-refractivity contribution in [3.05, 3.63) is 59.9 Å². The van der Waals surface area contributed by atoms with E-state index in [4.69, 9.17) is 9.47 Å². The lowest BCUT2D eigenvalue weighted by atomic mass is 10.1. The van der Waals surface area contributed by atoms with Gasteiger partial charge in [0.15, 0.2) is 0 Å². The Balaban J connectivity index is 1.63. The van der Waals surface area contributed by atoms with Gasteiger partial charge in [-0.15, -0.1) is 0 Å². The van der Waals surface area contributed by atoms with Gasteiger partial charge in [-0.25, -0.2) is 0 Å². The second-order valence-electron chi connectivity index (χ2n) is 6.97. The van der Waals surface area contributed by atoms with Crippen molar-refractivity contribution in [3.63, 3.8) is 0 Å². The molecule has 0 radical (unpaired) electrons. The van der Waals surface area contributed by atoms with Gasteiger partial charge in [0.2, 0.25) is 5.91 Å². The molecule has 1 amide bonds. The Morgan fingerprint density at radius 1 is 1.18 bits per heavy atom. The Hall–Kier alpha value is -2.44. The summed E-state index contributed by atoms with van der Waals surface area (Å²) in [6.45, 7) is 5.85. The summed E-state index contributed by atoms with van der Waals surface area (Å²) in [5, 5.41) is 0. The Bertz CT molecular complexity index is 733. The third kappa shape index (κ3) is 6.04. The van der Waals surface area contributed by atoms with Crippen molar-refractivity contribution in [1.82, 2.24) is 14.8 Å². The van der Waals surface area contributed by atoms with Gasteiger partial charge in [0.25, 0.3) is 0 Å². The minimum atomic E-state index is 0.114. The second-order valence-corrected chi connectivity index (χ2v) is 6.97. The highest BCUT2D eigenvalue weighted by Crippen LogP contribution is 2.19. The number of methoxy groups -OCH3 is 1. The number of carbonyl (C=O) groups excluding carboxylic acids is 1. The van der Waals surface area contributed by atoms with Crippen LogP contribution in [0.25, 0.3) is 0 Å². The molecule has 28 heavy (non-hydrogen) atoms. The number of aromatic nitrogens is 1. The average Bonchev–Trinajstić information content (AvgIpc) is 2.75. The molecule has 0 N–H and O–H groups in total. The first kappa shape index (κ1) is 20.3. The van der Waals surface area contributed by atoms with Gasteiger partial charge < -0.3 is 14.4 Å². The third-order valence-corrected chi connectivity index (χ3v) is 5.02. The second kappa shape index (κ2) is 10.8. The first-order valence-corrected chi connectivity index (χ1v) is 9.85. The largest absolute Gasteiger partial charge is 0.496 e. The number of benzene rings is 1. The van der Waals surface area contributed by atoms with E-state index >= 15 is 0 Å². The van der Waals surface area contributed by atoms with E-state index < -0.39 is 0 Å². The molecular weight excluding hydrogens is 354 g/mol. The Morgan fingerprint density at radius 2 is 1.93 bits per heavy atom. The number of amides is 1. The van der Waals surface area contributed by atoms with E-state index in [2.05, 4.69) is 9.88 Å². The molecule has 0 aliphatic carbocycles. The molecule has 2 aromatic rings. The maximum absolute atomic E-state index is 13.1. The molecule has 1 fully saturated rings. The van der Waals surface area contributed by atoms with Gasteiger partial charge in [-0.2, -0.15) is 0 Å². The highest BCUT2D eigenvalue weighted by atomic mass is 16.5. The number of rotatable bonds is 9. The van der Waals surface area contributed by atoms with E-state index in [0.29, 0.717) is 13.0 Å². The first-order chi connectivity index (χ1) is 13.8. The van der Waals surface area contributed by atoms with Gasteiger partial charge in [0.1, 0.15) is 5.75 Å². The molecule has 1 aromatic carbocycles. The SMILES string of the molecule is COc1ccccc1CC(=O)N(CCCN1CCOCC1)Cc1ccncc1. The van der Waals surface area contributed by atoms with Gasteiger partial charge in [-0.05, 0) is 30.2 Å². The molecule has 1 aromatic heterocycles. The molecule has 0 saturated carbocycles. The molecule has 0 unspecified atom stereocenters. The summed E-state index contributed by atoms with van der Waals surface area (Å²) in [7, 11) is 1.64. The number of hydrogen-bond donors (Lipinski definition) is 0. The van der Waals surface area contributed by atoms with Crippen molar-refractivity contribution in [1.29, 1.82) is 0 Å². The predicted molar refractivity (Wildman–Crippen MR) is 108 cm³/mol. The number of nitrogens with zero attached hydrogens (tertiary/aromatic N) is 3. The molecule has 0 atom stereocenters. The van der Waals surface area contributed by atoms with Crippen molar-refractivity contribution in [2.24, 2.45) is 0 Å². The quantitative estimate of drug-likeness (QED) is 0.666. The van der Waals surface area contributed by atoms with Gasteiger partial charge in [0, 0.05) is 50.7 Å². The average molecular weight is 383 g/mol. The van der Waals surface area contributed by atoms with Crippen LogP contribution in [-0.4, -0.2) is 67.2 Å². The number of morpholine rings is 1. The van der Waals surface area contributed by atoms with Crippen LogP contribution in [0.4, 0.5) is 0 Å². The predicted octanol–water partition coefficient (Wildman–Crippen LogP) is 2.38. The maximum Gasteiger partial charge on any atom is 0.227 e. The standard InChI is InChI=1S/C22H29N3O3/c1-27-21-6-3-2-5-20(21)17-22(26)25(18-19-7-9-23-10-8-19)12-4-11-24-13-15-28-16-14-24/h2-3,5-10H,4,11-18H2,1H3. The lowest BCUT2D eigenvalue weighted by Gasteiger charge is -2.28. The van der Waals surface area contributed by atoms with Crippen LogP contribution >= 0.6 is 0 Å². The van der Waals surface area contributed by atoms with E-state index in [1.807, 2.05) is 41.3 Å². The smallest absolute Gasteiger partial charge is 0.227 e. The Kier molecular flexibility index (Phi) is 7.82. The molecule has 1 aliphatic heterocycles. The lowest BCUT2D eigenvalue weighted by Crippen LogP contribution is -2.39. The molecule has 1 saturated heterocycles. The highest BCUT2D eigenvalue weighted by Gasteiger charge is 2.17. The van der Waals surface area contributed by atoms with Gasteiger partial charge >= 0.3 is 0 Å². The van der Waals surface area contributed by atoms with E-state index in [1.165, 1.54) is 0 Å². The van der Waals surface area contributed by atoms with Crippen molar-refractivity contribution >= 4 is 5.91 Å². The van der Waals surface area contributed by atoms with Crippen molar-refractivity contribution < 1.29 is 14.3 Å². The Labute approximate surface area is 167 Å². The zero-order valence-corrected chi connectivity index (χ0v) is 16.5. The summed E-state index contributed by atoms with van der Waals surface area (Å²) in [5.74, 6) is 0.872. The molecule has 150 valence electrons. The molecule has 6 heteroatoms. The molecule has 0 spiro atoms. The molecule has 1 aliphatic rings. The summed E-state index contributed by atoms with van der Waals surface area (Å²) in [6.07, 6.45) is 4.83. The van der Waals surface area contributed by atoms with E-state index in [-0.39, 0.29) is 5.91 Å². The van der Waals surface area contributed by atoms with Crippen LogP contribution in [0.3, 0.4) is 0 Å². The molecule has 6 nitrogen and oxygen atoms in total. The van der Waals surface area contributed by atoms with Gasteiger partial charge in [-0.1, -0.05) is 18.2 Å². The van der Waals surface area contributed by atoms with Crippen molar-refractivity contribution in [2.75, 3.05) is 46.5 Å². The van der Waals surface area contributed by atoms with Crippen LogP contribution in [0, 0.1) is 0 Å². The normalized spacial score (nSPS) is 14.6. The minimum Gasteiger partial charge on any atom is -0.496 e. The number of ether oxygens (including phenoxy) is 2. The van der Waals surface area contributed by atoms with Crippen LogP contribution in [0.15, 0.2) is 48.8 Å². The van der Waals surface area contributed by atoms with E-state index in [0.717, 1.165) is 62.7 Å².